The fourth-order valence-corrected chi connectivity index (χ4v) is 5.13. The summed E-state index contributed by atoms with van der Waals surface area (Å²) in [6.45, 7) is 9.42. The van der Waals surface area contributed by atoms with Gasteiger partial charge in [0.25, 0.3) is 0 Å². The van der Waals surface area contributed by atoms with Crippen LogP contribution in [0.1, 0.15) is 51.4 Å². The van der Waals surface area contributed by atoms with Crippen LogP contribution < -0.4 is 10.6 Å². The number of amides is 3. The Balaban J connectivity index is 1.73. The maximum absolute atomic E-state index is 13.4. The van der Waals surface area contributed by atoms with Gasteiger partial charge in [0.05, 0.1) is 34.0 Å². The number of nitrogens with one attached hydrogen (secondary N) is 2. The molecule has 4 atom stereocenters. The number of hydrogen-bond acceptors (Lipinski definition) is 7. The number of benzene rings is 1. The summed E-state index contributed by atoms with van der Waals surface area (Å²) in [7, 11) is 0. The Morgan fingerprint density at radius 2 is 1.89 bits per heavy atom. The van der Waals surface area contributed by atoms with Crippen LogP contribution in [0.3, 0.4) is 0 Å². The molecule has 2 heterocycles. The van der Waals surface area contributed by atoms with Crippen LogP contribution in [-0.2, 0) is 14.4 Å². The third-order valence-electron chi connectivity index (χ3n) is 6.20. The number of thiol groups is 1. The van der Waals surface area contributed by atoms with Crippen molar-refractivity contribution in [2.24, 2.45) is 5.41 Å². The third kappa shape index (κ3) is 6.42. The van der Waals surface area contributed by atoms with Gasteiger partial charge in [0, 0.05) is 13.0 Å². The summed E-state index contributed by atoms with van der Waals surface area (Å²) < 4.78 is 0. The molecule has 190 valence electrons. The molecule has 10 heteroatoms. The average Bonchev–Trinajstić information content (AvgIpc) is 3.41. The topological polar surface area (TPSA) is 112 Å². The molecule has 0 radical (unpaired) electrons. The van der Waals surface area contributed by atoms with E-state index in [1.807, 2.05) is 64.4 Å². The molecule has 0 saturated carbocycles. The van der Waals surface area contributed by atoms with Crippen molar-refractivity contribution in [1.29, 1.82) is 0 Å². The van der Waals surface area contributed by atoms with E-state index in [1.165, 1.54) is 4.90 Å². The smallest absolute Gasteiger partial charge is 0.246 e. The summed E-state index contributed by atoms with van der Waals surface area (Å²) in [6, 6.07) is 5.98. The van der Waals surface area contributed by atoms with E-state index >= 15 is 0 Å². The highest BCUT2D eigenvalue weighted by atomic mass is 32.1. The number of aromatic nitrogens is 1. The molecule has 1 saturated heterocycles. The van der Waals surface area contributed by atoms with E-state index in [0.29, 0.717) is 0 Å². The van der Waals surface area contributed by atoms with Gasteiger partial charge in [-0.15, -0.1) is 11.3 Å². The number of hydrogen-bond donors (Lipinski definition) is 4. The quantitative estimate of drug-likeness (QED) is 0.421. The number of likely N-dealkylation sites (tertiary alicyclic amines) is 1. The van der Waals surface area contributed by atoms with Crippen molar-refractivity contribution in [3.63, 3.8) is 0 Å². The zero-order chi connectivity index (χ0) is 25.9. The van der Waals surface area contributed by atoms with Crippen molar-refractivity contribution >= 4 is 41.7 Å². The minimum absolute atomic E-state index is 0.0392. The van der Waals surface area contributed by atoms with Crippen LogP contribution in [0.25, 0.3) is 10.4 Å². The first-order valence-electron chi connectivity index (χ1n) is 11.6. The number of rotatable bonds is 7. The summed E-state index contributed by atoms with van der Waals surface area (Å²) in [6.07, 6.45) is -0.668. The van der Waals surface area contributed by atoms with Gasteiger partial charge >= 0.3 is 0 Å². The Kier molecular flexibility index (Phi) is 8.61. The first-order valence-corrected chi connectivity index (χ1v) is 13.1. The molecule has 0 unspecified atom stereocenters. The average molecular weight is 519 g/mol. The maximum Gasteiger partial charge on any atom is 0.246 e. The largest absolute Gasteiger partial charge is 0.391 e. The standard InChI is InChI=1S/C25H34N4O4S2/c1-14(16-6-8-17(9-7-16)21-15(2)26-13-35-21)27-23(32)19-10-18(30)11-29(19)24(33)22(25(3,4)5)28-20(31)12-34/h6-9,13-14,18-19,22,30,34H,10-12H2,1-5H3,(H,27,32)(H,28,31)/t14-,18+,19-,22+/m0/s1. The maximum atomic E-state index is 13.4. The highest BCUT2D eigenvalue weighted by Gasteiger charge is 2.44. The molecule has 1 aliphatic heterocycles. The number of aryl methyl sites for hydroxylation is 1. The van der Waals surface area contributed by atoms with Gasteiger partial charge < -0.3 is 20.6 Å². The molecule has 3 N–H and O–H groups in total. The molecule has 3 amide bonds. The summed E-state index contributed by atoms with van der Waals surface area (Å²) >= 11 is 5.57. The highest BCUT2D eigenvalue weighted by molar-refractivity contribution is 7.81. The van der Waals surface area contributed by atoms with Crippen molar-refractivity contribution < 1.29 is 19.5 Å². The van der Waals surface area contributed by atoms with Crippen LogP contribution in [-0.4, -0.2) is 63.2 Å². The second kappa shape index (κ2) is 11.1. The van der Waals surface area contributed by atoms with E-state index in [2.05, 4.69) is 28.2 Å². The van der Waals surface area contributed by atoms with Gasteiger partial charge in [-0.1, -0.05) is 45.0 Å². The van der Waals surface area contributed by atoms with Crippen LogP contribution in [0, 0.1) is 12.3 Å². The highest BCUT2D eigenvalue weighted by Crippen LogP contribution is 2.29. The van der Waals surface area contributed by atoms with Crippen molar-refractivity contribution in [3.05, 3.63) is 41.0 Å². The van der Waals surface area contributed by atoms with Gasteiger partial charge in [-0.3, -0.25) is 14.4 Å². The lowest BCUT2D eigenvalue weighted by Gasteiger charge is -2.35. The minimum Gasteiger partial charge on any atom is -0.391 e. The van der Waals surface area contributed by atoms with Crippen molar-refractivity contribution in [2.45, 2.75) is 65.3 Å². The number of aliphatic hydroxyl groups excluding tert-OH is 1. The molecule has 1 aliphatic rings. The first kappa shape index (κ1) is 27.2. The second-order valence-electron chi connectivity index (χ2n) is 10.0. The van der Waals surface area contributed by atoms with Crippen LogP contribution >= 0.6 is 24.0 Å². The van der Waals surface area contributed by atoms with E-state index < -0.39 is 23.6 Å². The fourth-order valence-electron chi connectivity index (χ4n) is 4.22. The predicted molar refractivity (Wildman–Crippen MR) is 140 cm³/mol. The molecule has 35 heavy (non-hydrogen) atoms. The van der Waals surface area contributed by atoms with E-state index in [9.17, 15) is 19.5 Å². The molecule has 3 rings (SSSR count). The molecule has 1 fully saturated rings. The van der Waals surface area contributed by atoms with E-state index in [0.717, 1.165) is 21.7 Å². The predicted octanol–water partition coefficient (Wildman–Crippen LogP) is 2.72. The Bertz CT molecular complexity index is 1060. The third-order valence-corrected chi connectivity index (χ3v) is 7.47. The number of carbonyl (C=O) groups is 3. The number of thiazole rings is 1. The fraction of sp³-hybridized carbons (Fsp3) is 0.520. The number of nitrogens with zero attached hydrogens (tertiary/aromatic N) is 2. The Hall–Kier alpha value is -2.43. The number of carbonyl (C=O) groups excluding carboxylic acids is 3. The lowest BCUT2D eigenvalue weighted by atomic mass is 9.85. The second-order valence-corrected chi connectivity index (χ2v) is 11.2. The van der Waals surface area contributed by atoms with Gasteiger partial charge in [-0.05, 0) is 30.4 Å². The van der Waals surface area contributed by atoms with Crippen molar-refractivity contribution in [1.82, 2.24) is 20.5 Å². The van der Waals surface area contributed by atoms with E-state index in [-0.39, 0.29) is 42.5 Å². The molecule has 0 bridgehead atoms. The molecule has 1 aromatic heterocycles. The van der Waals surface area contributed by atoms with Gasteiger partial charge in [-0.2, -0.15) is 12.6 Å². The summed E-state index contributed by atoms with van der Waals surface area (Å²) in [4.78, 5) is 45.4. The Morgan fingerprint density at radius 1 is 1.23 bits per heavy atom. The van der Waals surface area contributed by atoms with Crippen LogP contribution in [0.5, 0.6) is 0 Å². The van der Waals surface area contributed by atoms with Crippen LogP contribution in [0.2, 0.25) is 0 Å². The molecule has 8 nitrogen and oxygen atoms in total. The molecular weight excluding hydrogens is 484 g/mol. The summed E-state index contributed by atoms with van der Waals surface area (Å²) in [5.74, 6) is -1.14. The van der Waals surface area contributed by atoms with Gasteiger partial charge in [0.1, 0.15) is 12.1 Å². The normalized spacial score (nSPS) is 19.8. The summed E-state index contributed by atoms with van der Waals surface area (Å²) in [5.41, 5.74) is 4.20. The lowest BCUT2D eigenvalue weighted by Crippen LogP contribution is -2.58. The molecular formula is C25H34N4O4S2. The monoisotopic (exact) mass is 518 g/mol. The lowest BCUT2D eigenvalue weighted by molar-refractivity contribution is -0.143. The first-order chi connectivity index (χ1) is 16.4. The minimum atomic E-state index is -0.845. The number of aliphatic hydroxyl groups is 1. The van der Waals surface area contributed by atoms with Gasteiger partial charge in [0.15, 0.2) is 0 Å². The van der Waals surface area contributed by atoms with Crippen molar-refractivity contribution in [2.75, 3.05) is 12.3 Å². The van der Waals surface area contributed by atoms with Crippen LogP contribution in [0.15, 0.2) is 29.8 Å². The molecule has 1 aromatic carbocycles. The number of β-amino-alcohol motifs (C(OH)–C–C–N with tert-alkyl or cyclic N) is 1. The molecule has 0 aliphatic carbocycles. The van der Waals surface area contributed by atoms with Crippen LogP contribution in [0.4, 0.5) is 0 Å². The van der Waals surface area contributed by atoms with Crippen molar-refractivity contribution in [3.8, 4) is 10.4 Å². The zero-order valence-electron chi connectivity index (χ0n) is 20.7. The van der Waals surface area contributed by atoms with E-state index in [4.69, 9.17) is 0 Å². The van der Waals surface area contributed by atoms with Gasteiger partial charge in [0.2, 0.25) is 17.7 Å². The zero-order valence-corrected chi connectivity index (χ0v) is 22.5. The van der Waals surface area contributed by atoms with E-state index in [1.54, 1.807) is 11.3 Å². The summed E-state index contributed by atoms with van der Waals surface area (Å²) in [5, 5.41) is 16.0. The molecule has 0 spiro atoms. The Morgan fingerprint density at radius 3 is 2.43 bits per heavy atom. The van der Waals surface area contributed by atoms with Gasteiger partial charge in [-0.25, -0.2) is 4.98 Å². The Labute approximate surface area is 215 Å². The SMILES string of the molecule is Cc1ncsc1-c1ccc([C@H](C)NC(=O)[C@@H]2C[C@@H](O)CN2C(=O)[C@@H](NC(=O)CS)C(C)(C)C)cc1. The molecule has 2 aromatic rings.